The van der Waals surface area contributed by atoms with Crippen LogP contribution in [0.1, 0.15) is 27.0 Å². The van der Waals surface area contributed by atoms with Gasteiger partial charge < -0.3 is 15.2 Å². The first-order valence-electron chi connectivity index (χ1n) is 10.5. The number of fused-ring (bicyclic) bond motifs is 1. The van der Waals surface area contributed by atoms with Gasteiger partial charge >= 0.3 is 5.69 Å². The first-order chi connectivity index (χ1) is 14.9. The van der Waals surface area contributed by atoms with E-state index in [0.717, 1.165) is 53.7 Å². The van der Waals surface area contributed by atoms with Crippen molar-refractivity contribution in [3.05, 3.63) is 60.4 Å². The van der Waals surface area contributed by atoms with Gasteiger partial charge in [-0.1, -0.05) is 6.07 Å². The van der Waals surface area contributed by atoms with Crippen molar-refractivity contribution in [2.75, 3.05) is 38.1 Å². The van der Waals surface area contributed by atoms with Gasteiger partial charge in [0, 0.05) is 51.2 Å². The van der Waals surface area contributed by atoms with Crippen molar-refractivity contribution >= 4 is 33.8 Å². The number of carbonyl (C=O) groups is 1. The minimum Gasteiger partial charge on any atom is -0.368 e. The molecule has 1 aromatic carbocycles. The number of amides is 1. The normalized spacial score (nSPS) is 14.9. The van der Waals surface area contributed by atoms with Gasteiger partial charge in [-0.3, -0.25) is 19.1 Å². The highest BCUT2D eigenvalue weighted by Gasteiger charge is 2.21. The molecule has 2 N–H and O–H groups in total. The number of aryl methyl sites for hydroxylation is 1. The Kier molecular flexibility index (Phi) is 5.97. The van der Waals surface area contributed by atoms with Gasteiger partial charge in [0.15, 0.2) is 0 Å². The van der Waals surface area contributed by atoms with E-state index in [-0.39, 0.29) is 17.2 Å². The second kappa shape index (κ2) is 8.68. The third-order valence-corrected chi connectivity index (χ3v) is 6.86. The molecule has 31 heavy (non-hydrogen) atoms. The molecule has 8 nitrogen and oxygen atoms in total. The number of hydrogen-bond acceptors (Lipinski definition) is 6. The smallest absolute Gasteiger partial charge is 0.328 e. The van der Waals surface area contributed by atoms with E-state index >= 15 is 0 Å². The molecule has 1 saturated heterocycles. The molecule has 0 aliphatic carbocycles. The summed E-state index contributed by atoms with van der Waals surface area (Å²) in [5.41, 5.74) is 2.18. The number of nitrogens with zero attached hydrogens (tertiary/aromatic N) is 3. The fourth-order valence-electron chi connectivity index (χ4n) is 4.11. The van der Waals surface area contributed by atoms with Gasteiger partial charge in [-0.2, -0.15) is 0 Å². The van der Waals surface area contributed by atoms with Crippen LogP contribution in [0.2, 0.25) is 0 Å². The molecule has 4 rings (SSSR count). The molecule has 164 valence electrons. The summed E-state index contributed by atoms with van der Waals surface area (Å²) in [7, 11) is 1.65. The molecule has 2 aromatic heterocycles. The van der Waals surface area contributed by atoms with Crippen molar-refractivity contribution in [3.8, 4) is 0 Å². The van der Waals surface area contributed by atoms with Crippen LogP contribution in [-0.4, -0.2) is 53.6 Å². The molecule has 0 unspecified atom stereocenters. The standard InChI is InChI=1S/C22H27N5O3S/c1-4-27-21(29)16-6-5-15(11-17(16)24-22(27)30)13-25-7-9-26(10-8-25)18-12-19(20(28)23-3)31-14(18)2/h5-6,11-12H,4,7-10,13H2,1-3H3,(H,23,28)(H,24,30). The van der Waals surface area contributed by atoms with Crippen LogP contribution in [0.5, 0.6) is 0 Å². The molecule has 9 heteroatoms. The predicted molar refractivity (Wildman–Crippen MR) is 124 cm³/mol. The lowest BCUT2D eigenvalue weighted by molar-refractivity contribution is 0.0967. The van der Waals surface area contributed by atoms with Crippen molar-refractivity contribution in [1.29, 1.82) is 0 Å². The highest BCUT2D eigenvalue weighted by Crippen LogP contribution is 2.30. The van der Waals surface area contributed by atoms with E-state index in [1.807, 2.05) is 18.2 Å². The molecule has 3 heterocycles. The largest absolute Gasteiger partial charge is 0.368 e. The van der Waals surface area contributed by atoms with Crippen molar-refractivity contribution < 1.29 is 4.79 Å². The van der Waals surface area contributed by atoms with Crippen LogP contribution < -0.4 is 21.5 Å². The lowest BCUT2D eigenvalue weighted by Gasteiger charge is -2.36. The van der Waals surface area contributed by atoms with Crippen molar-refractivity contribution in [2.45, 2.75) is 26.9 Å². The Morgan fingerprint density at radius 2 is 1.90 bits per heavy atom. The maximum atomic E-state index is 12.4. The second-order valence-corrected chi connectivity index (χ2v) is 9.01. The molecule has 1 aliphatic heterocycles. The van der Waals surface area contributed by atoms with E-state index in [1.165, 1.54) is 15.9 Å². The molecular formula is C22H27N5O3S. The number of H-pyrrole nitrogens is 1. The minimum atomic E-state index is -0.368. The molecule has 3 aromatic rings. The first kappa shape index (κ1) is 21.3. The molecule has 1 fully saturated rings. The van der Waals surface area contributed by atoms with Gasteiger partial charge in [0.25, 0.3) is 11.5 Å². The van der Waals surface area contributed by atoms with Crippen molar-refractivity contribution in [2.24, 2.45) is 0 Å². The summed E-state index contributed by atoms with van der Waals surface area (Å²) in [6.45, 7) is 8.52. The molecule has 1 aliphatic rings. The van der Waals surface area contributed by atoms with Crippen LogP contribution >= 0.6 is 11.3 Å². The van der Waals surface area contributed by atoms with Crippen molar-refractivity contribution in [3.63, 3.8) is 0 Å². The Hall–Kier alpha value is -2.91. The number of thiophene rings is 1. The Morgan fingerprint density at radius 3 is 2.58 bits per heavy atom. The number of aromatic amines is 1. The number of rotatable bonds is 5. The number of carbonyl (C=O) groups excluding carboxylic acids is 1. The highest BCUT2D eigenvalue weighted by molar-refractivity contribution is 7.14. The van der Waals surface area contributed by atoms with Gasteiger partial charge in [-0.25, -0.2) is 4.79 Å². The monoisotopic (exact) mass is 441 g/mol. The lowest BCUT2D eigenvalue weighted by atomic mass is 10.1. The molecule has 0 radical (unpaired) electrons. The van der Waals surface area contributed by atoms with E-state index < -0.39 is 0 Å². The SMILES string of the molecule is CCn1c(=O)[nH]c2cc(CN3CCN(c4cc(C(=O)NC)sc4C)CC3)ccc2c1=O. The molecule has 0 bridgehead atoms. The zero-order valence-corrected chi connectivity index (χ0v) is 18.8. The van der Waals surface area contributed by atoms with Crippen LogP contribution in [0.25, 0.3) is 10.9 Å². The number of piperazine rings is 1. The van der Waals surface area contributed by atoms with Crippen LogP contribution in [0.15, 0.2) is 33.9 Å². The fourth-order valence-corrected chi connectivity index (χ4v) is 5.10. The van der Waals surface area contributed by atoms with Gasteiger partial charge in [-0.05, 0) is 37.6 Å². The molecule has 0 saturated carbocycles. The average molecular weight is 442 g/mol. The zero-order chi connectivity index (χ0) is 22.1. The van der Waals surface area contributed by atoms with Crippen LogP contribution in [-0.2, 0) is 13.1 Å². The number of anilines is 1. The predicted octanol–water partition coefficient (Wildman–Crippen LogP) is 1.76. The van der Waals surface area contributed by atoms with Gasteiger partial charge in [0.2, 0.25) is 0 Å². The average Bonchev–Trinajstić information content (AvgIpc) is 3.15. The lowest BCUT2D eigenvalue weighted by Crippen LogP contribution is -2.46. The number of hydrogen-bond donors (Lipinski definition) is 2. The molecule has 0 atom stereocenters. The summed E-state index contributed by atoms with van der Waals surface area (Å²) in [5.74, 6) is -0.0435. The number of aromatic nitrogens is 2. The van der Waals surface area contributed by atoms with E-state index in [4.69, 9.17) is 0 Å². The maximum absolute atomic E-state index is 12.4. The van der Waals surface area contributed by atoms with Crippen LogP contribution in [0.4, 0.5) is 5.69 Å². The molecule has 0 spiro atoms. The van der Waals surface area contributed by atoms with E-state index in [9.17, 15) is 14.4 Å². The van der Waals surface area contributed by atoms with Crippen molar-refractivity contribution in [1.82, 2.24) is 19.8 Å². The van der Waals surface area contributed by atoms with Crippen LogP contribution in [0.3, 0.4) is 0 Å². The second-order valence-electron chi connectivity index (χ2n) is 7.75. The zero-order valence-electron chi connectivity index (χ0n) is 18.0. The van der Waals surface area contributed by atoms with E-state index in [1.54, 1.807) is 20.0 Å². The number of nitrogens with one attached hydrogen (secondary N) is 2. The molecular weight excluding hydrogens is 414 g/mol. The van der Waals surface area contributed by atoms with Crippen LogP contribution in [0, 0.1) is 6.92 Å². The summed E-state index contributed by atoms with van der Waals surface area (Å²) >= 11 is 1.53. The summed E-state index contributed by atoms with van der Waals surface area (Å²) in [4.78, 5) is 45.9. The topological polar surface area (TPSA) is 90.4 Å². The third-order valence-electron chi connectivity index (χ3n) is 5.82. The Bertz CT molecular complexity index is 1230. The van der Waals surface area contributed by atoms with Gasteiger partial charge in [0.1, 0.15) is 0 Å². The molecule has 1 amide bonds. The third kappa shape index (κ3) is 4.15. The summed E-state index contributed by atoms with van der Waals surface area (Å²) in [6.07, 6.45) is 0. The van der Waals surface area contributed by atoms with Gasteiger partial charge in [-0.15, -0.1) is 11.3 Å². The summed E-state index contributed by atoms with van der Waals surface area (Å²) in [5, 5.41) is 3.22. The quantitative estimate of drug-likeness (QED) is 0.630. The van der Waals surface area contributed by atoms with E-state index in [2.05, 4.69) is 27.0 Å². The van der Waals surface area contributed by atoms with Gasteiger partial charge in [0.05, 0.1) is 21.5 Å². The summed E-state index contributed by atoms with van der Waals surface area (Å²) < 4.78 is 1.21. The summed E-state index contributed by atoms with van der Waals surface area (Å²) in [6, 6.07) is 7.66. The number of benzene rings is 1. The Morgan fingerprint density at radius 1 is 1.16 bits per heavy atom. The van der Waals surface area contributed by atoms with E-state index in [0.29, 0.717) is 17.4 Å². The Balaban J connectivity index is 1.45. The minimum absolute atomic E-state index is 0.0435. The first-order valence-corrected chi connectivity index (χ1v) is 11.3. The maximum Gasteiger partial charge on any atom is 0.328 e. The Labute approximate surface area is 184 Å². The highest BCUT2D eigenvalue weighted by atomic mass is 32.1. The fraction of sp³-hybridized carbons (Fsp3) is 0.409.